The Morgan fingerprint density at radius 3 is 2.18 bits per heavy atom. The molecule has 22 heavy (non-hydrogen) atoms. The molecule has 1 aliphatic heterocycles. The van der Waals surface area contributed by atoms with Gasteiger partial charge in [0.2, 0.25) is 5.91 Å². The first-order valence-corrected chi connectivity index (χ1v) is 8.27. The first-order chi connectivity index (χ1) is 10.7. The van der Waals surface area contributed by atoms with Gasteiger partial charge in [-0.25, -0.2) is 0 Å². The van der Waals surface area contributed by atoms with E-state index in [4.69, 9.17) is 9.47 Å². The van der Waals surface area contributed by atoms with Crippen molar-refractivity contribution >= 4 is 5.91 Å². The number of ether oxygens (including phenoxy) is 2. The van der Waals surface area contributed by atoms with Gasteiger partial charge in [-0.05, 0) is 37.1 Å². The summed E-state index contributed by atoms with van der Waals surface area (Å²) < 4.78 is 11.1. The number of methoxy groups -OCH3 is 1. The average molecular weight is 305 g/mol. The van der Waals surface area contributed by atoms with E-state index < -0.39 is 0 Å². The molecule has 4 heteroatoms. The van der Waals surface area contributed by atoms with Crippen LogP contribution in [0.5, 0.6) is 11.5 Å². The summed E-state index contributed by atoms with van der Waals surface area (Å²) in [7, 11) is 1.66. The molecule has 0 aromatic heterocycles. The lowest BCUT2D eigenvalue weighted by Gasteiger charge is -2.34. The fraction of sp³-hybridized carbons (Fsp3) is 0.611. The summed E-state index contributed by atoms with van der Waals surface area (Å²) >= 11 is 0. The van der Waals surface area contributed by atoms with E-state index in [0.29, 0.717) is 5.91 Å². The monoisotopic (exact) mass is 305 g/mol. The molecule has 0 aliphatic carbocycles. The zero-order valence-corrected chi connectivity index (χ0v) is 13.9. The number of benzene rings is 1. The highest BCUT2D eigenvalue weighted by Gasteiger charge is 2.27. The molecule has 0 radical (unpaired) electrons. The van der Waals surface area contributed by atoms with Crippen molar-refractivity contribution in [3.63, 3.8) is 0 Å². The van der Waals surface area contributed by atoms with Crippen LogP contribution >= 0.6 is 0 Å². The van der Waals surface area contributed by atoms with Crippen molar-refractivity contribution in [3.8, 4) is 11.5 Å². The van der Waals surface area contributed by atoms with Gasteiger partial charge in [0.05, 0.1) is 7.11 Å². The normalized spacial score (nSPS) is 15.9. The molecular weight excluding hydrogens is 278 g/mol. The van der Waals surface area contributed by atoms with Crippen LogP contribution in [0, 0.1) is 5.92 Å². The predicted octanol–water partition coefficient (Wildman–Crippen LogP) is 3.50. The summed E-state index contributed by atoms with van der Waals surface area (Å²) in [6.07, 6.45) is 3.85. The van der Waals surface area contributed by atoms with Gasteiger partial charge in [-0.3, -0.25) is 4.79 Å². The van der Waals surface area contributed by atoms with Crippen LogP contribution in [0.25, 0.3) is 0 Å². The molecule has 0 saturated carbocycles. The molecule has 122 valence electrons. The van der Waals surface area contributed by atoms with Crippen LogP contribution in [0.4, 0.5) is 0 Å². The molecule has 1 saturated heterocycles. The largest absolute Gasteiger partial charge is 0.497 e. The lowest BCUT2D eigenvalue weighted by Crippen LogP contribution is -2.44. The second kappa shape index (κ2) is 8.06. The molecular formula is C18H27NO3. The number of rotatable bonds is 6. The summed E-state index contributed by atoms with van der Waals surface area (Å²) in [5.74, 6) is 2.19. The van der Waals surface area contributed by atoms with Gasteiger partial charge in [0.1, 0.15) is 17.6 Å². The highest BCUT2D eigenvalue weighted by atomic mass is 16.5. The maximum absolute atomic E-state index is 12.4. The Hall–Kier alpha value is -1.71. The fourth-order valence-corrected chi connectivity index (χ4v) is 2.94. The van der Waals surface area contributed by atoms with Crippen LogP contribution in [0.15, 0.2) is 24.3 Å². The maximum Gasteiger partial charge on any atom is 0.225 e. The lowest BCUT2D eigenvalue weighted by atomic mass is 9.99. The van der Waals surface area contributed by atoms with E-state index in [0.717, 1.165) is 50.3 Å². The molecule has 1 aromatic carbocycles. The molecule has 4 nitrogen and oxygen atoms in total. The fourth-order valence-electron chi connectivity index (χ4n) is 2.94. The Bertz CT molecular complexity index is 460. The highest BCUT2D eigenvalue weighted by Crippen LogP contribution is 2.23. The summed E-state index contributed by atoms with van der Waals surface area (Å²) in [6.45, 7) is 5.78. The van der Waals surface area contributed by atoms with Crippen molar-refractivity contribution < 1.29 is 14.3 Å². The molecule has 1 aromatic rings. The van der Waals surface area contributed by atoms with Gasteiger partial charge in [-0.15, -0.1) is 0 Å². The van der Waals surface area contributed by atoms with Gasteiger partial charge in [0.15, 0.2) is 0 Å². The Morgan fingerprint density at radius 2 is 1.68 bits per heavy atom. The number of hydrogen-bond donors (Lipinski definition) is 0. The Morgan fingerprint density at radius 1 is 1.14 bits per heavy atom. The number of amides is 1. The molecule has 0 atom stereocenters. The van der Waals surface area contributed by atoms with Crippen molar-refractivity contribution in [2.45, 2.75) is 45.6 Å². The van der Waals surface area contributed by atoms with Crippen LogP contribution < -0.4 is 9.47 Å². The van der Waals surface area contributed by atoms with Gasteiger partial charge in [0, 0.05) is 31.8 Å². The minimum absolute atomic E-state index is 0.180. The summed E-state index contributed by atoms with van der Waals surface area (Å²) in [5, 5.41) is 0. The van der Waals surface area contributed by atoms with E-state index in [1.807, 2.05) is 29.2 Å². The molecule has 1 aliphatic rings. The molecule has 0 bridgehead atoms. The number of likely N-dealkylation sites (tertiary alicyclic amines) is 1. The number of carbonyl (C=O) groups excluding carboxylic acids is 1. The van der Waals surface area contributed by atoms with E-state index in [2.05, 4.69) is 13.8 Å². The van der Waals surface area contributed by atoms with Crippen LogP contribution in [-0.4, -0.2) is 37.1 Å². The van der Waals surface area contributed by atoms with E-state index in [1.54, 1.807) is 7.11 Å². The van der Waals surface area contributed by atoms with Crippen molar-refractivity contribution in [1.82, 2.24) is 4.90 Å². The topological polar surface area (TPSA) is 38.8 Å². The second-order valence-corrected chi connectivity index (χ2v) is 5.83. The molecule has 0 N–H and O–H groups in total. The van der Waals surface area contributed by atoms with Crippen LogP contribution in [0.3, 0.4) is 0 Å². The highest BCUT2D eigenvalue weighted by molar-refractivity contribution is 5.78. The smallest absolute Gasteiger partial charge is 0.225 e. The van der Waals surface area contributed by atoms with Crippen LogP contribution in [0.1, 0.15) is 39.5 Å². The number of carbonyl (C=O) groups is 1. The molecule has 2 rings (SSSR count). The standard InChI is InChI=1S/C18H27NO3/c1-4-14(5-2)18(20)19-12-10-17(11-13-19)22-16-8-6-15(21-3)7-9-16/h6-9,14,17H,4-5,10-13H2,1-3H3. The van der Waals surface area contributed by atoms with Gasteiger partial charge < -0.3 is 14.4 Å². The number of hydrogen-bond acceptors (Lipinski definition) is 3. The predicted molar refractivity (Wildman–Crippen MR) is 87.3 cm³/mol. The minimum Gasteiger partial charge on any atom is -0.497 e. The Balaban J connectivity index is 1.82. The molecule has 1 amide bonds. The molecule has 0 unspecified atom stereocenters. The first-order valence-electron chi connectivity index (χ1n) is 8.27. The van der Waals surface area contributed by atoms with Crippen molar-refractivity contribution in [1.29, 1.82) is 0 Å². The maximum atomic E-state index is 12.4. The minimum atomic E-state index is 0.180. The summed E-state index contributed by atoms with van der Waals surface area (Å²) in [4.78, 5) is 14.4. The van der Waals surface area contributed by atoms with Gasteiger partial charge in [-0.1, -0.05) is 13.8 Å². The third-order valence-electron chi connectivity index (χ3n) is 4.45. The zero-order valence-electron chi connectivity index (χ0n) is 13.9. The first kappa shape index (κ1) is 16.7. The Kier molecular flexibility index (Phi) is 6.10. The number of nitrogens with zero attached hydrogens (tertiary/aromatic N) is 1. The quantitative estimate of drug-likeness (QED) is 0.807. The van der Waals surface area contributed by atoms with E-state index >= 15 is 0 Å². The zero-order chi connectivity index (χ0) is 15.9. The van der Waals surface area contributed by atoms with Crippen molar-refractivity contribution in [2.24, 2.45) is 5.92 Å². The molecule has 1 heterocycles. The van der Waals surface area contributed by atoms with E-state index in [1.165, 1.54) is 0 Å². The van der Waals surface area contributed by atoms with Gasteiger partial charge in [-0.2, -0.15) is 0 Å². The van der Waals surface area contributed by atoms with Gasteiger partial charge in [0.25, 0.3) is 0 Å². The summed E-state index contributed by atoms with van der Waals surface area (Å²) in [5.41, 5.74) is 0. The summed E-state index contributed by atoms with van der Waals surface area (Å²) in [6, 6.07) is 7.67. The van der Waals surface area contributed by atoms with E-state index in [-0.39, 0.29) is 12.0 Å². The third-order valence-corrected chi connectivity index (χ3v) is 4.45. The lowest BCUT2D eigenvalue weighted by molar-refractivity contribution is -0.137. The van der Waals surface area contributed by atoms with Gasteiger partial charge >= 0.3 is 0 Å². The third kappa shape index (κ3) is 4.15. The van der Waals surface area contributed by atoms with Crippen LogP contribution in [0.2, 0.25) is 0 Å². The number of piperidine rings is 1. The molecule has 1 fully saturated rings. The van der Waals surface area contributed by atoms with E-state index in [9.17, 15) is 4.79 Å². The van der Waals surface area contributed by atoms with Crippen molar-refractivity contribution in [3.05, 3.63) is 24.3 Å². The second-order valence-electron chi connectivity index (χ2n) is 5.83. The molecule has 0 spiro atoms. The Labute approximate surface area is 133 Å². The van der Waals surface area contributed by atoms with Crippen LogP contribution in [-0.2, 0) is 4.79 Å². The average Bonchev–Trinajstić information content (AvgIpc) is 2.57. The van der Waals surface area contributed by atoms with Crippen molar-refractivity contribution in [2.75, 3.05) is 20.2 Å². The SMILES string of the molecule is CCC(CC)C(=O)N1CCC(Oc2ccc(OC)cc2)CC1.